The summed E-state index contributed by atoms with van der Waals surface area (Å²) in [7, 11) is 1.35. The standard InChI is InChI=1S/C22H30N2O4/c1-28-22(27)19-13-8-16-24(19)21(26)18-12-7-15-23(18)20(25)14-6-5-11-17-9-3-2-4-10-17/h2-4,9-10,18-19H,5-8,11-16H2,1H3/t18-,19-/m0/s1. The molecule has 0 bridgehead atoms. The summed E-state index contributed by atoms with van der Waals surface area (Å²) in [5, 5.41) is 0. The Balaban J connectivity index is 1.51. The van der Waals surface area contributed by atoms with Crippen LogP contribution >= 0.6 is 0 Å². The van der Waals surface area contributed by atoms with Crippen LogP contribution in [0.15, 0.2) is 30.3 Å². The first-order valence-corrected chi connectivity index (χ1v) is 10.3. The average molecular weight is 386 g/mol. The van der Waals surface area contributed by atoms with E-state index >= 15 is 0 Å². The van der Waals surface area contributed by atoms with E-state index in [0.717, 1.165) is 32.1 Å². The van der Waals surface area contributed by atoms with E-state index in [4.69, 9.17) is 4.74 Å². The van der Waals surface area contributed by atoms with Crippen LogP contribution in [0.2, 0.25) is 0 Å². The van der Waals surface area contributed by atoms with E-state index in [1.807, 2.05) is 18.2 Å². The van der Waals surface area contributed by atoms with Gasteiger partial charge in [0.1, 0.15) is 12.1 Å². The Labute approximate surface area is 166 Å². The van der Waals surface area contributed by atoms with Crippen LogP contribution in [0.25, 0.3) is 0 Å². The van der Waals surface area contributed by atoms with E-state index in [1.54, 1.807) is 9.80 Å². The fourth-order valence-electron chi connectivity index (χ4n) is 4.32. The molecule has 2 saturated heterocycles. The highest BCUT2D eigenvalue weighted by Gasteiger charge is 2.42. The molecule has 0 N–H and O–H groups in total. The number of benzene rings is 1. The number of methoxy groups -OCH3 is 1. The highest BCUT2D eigenvalue weighted by molar-refractivity contribution is 5.91. The molecule has 0 radical (unpaired) electrons. The minimum absolute atomic E-state index is 0.0535. The molecule has 1 aromatic carbocycles. The van der Waals surface area contributed by atoms with Crippen molar-refractivity contribution in [2.45, 2.75) is 63.5 Å². The van der Waals surface area contributed by atoms with Gasteiger partial charge in [-0.05, 0) is 50.5 Å². The van der Waals surface area contributed by atoms with Gasteiger partial charge in [-0.1, -0.05) is 30.3 Å². The number of ether oxygens (including phenoxy) is 1. The summed E-state index contributed by atoms with van der Waals surface area (Å²) < 4.78 is 4.84. The number of unbranched alkanes of at least 4 members (excludes halogenated alkanes) is 1. The number of hydrogen-bond donors (Lipinski definition) is 0. The number of rotatable bonds is 7. The van der Waals surface area contributed by atoms with Gasteiger partial charge in [0.25, 0.3) is 0 Å². The molecule has 28 heavy (non-hydrogen) atoms. The molecule has 2 aliphatic rings. The van der Waals surface area contributed by atoms with Crippen LogP contribution in [0.4, 0.5) is 0 Å². The molecule has 0 aliphatic carbocycles. The van der Waals surface area contributed by atoms with Gasteiger partial charge < -0.3 is 14.5 Å². The molecule has 0 spiro atoms. The lowest BCUT2D eigenvalue weighted by Crippen LogP contribution is -2.51. The van der Waals surface area contributed by atoms with Crippen molar-refractivity contribution in [1.29, 1.82) is 0 Å². The molecule has 2 fully saturated rings. The molecule has 6 heteroatoms. The van der Waals surface area contributed by atoms with Gasteiger partial charge in [-0.25, -0.2) is 4.79 Å². The van der Waals surface area contributed by atoms with Crippen molar-refractivity contribution in [1.82, 2.24) is 9.80 Å². The molecule has 6 nitrogen and oxygen atoms in total. The van der Waals surface area contributed by atoms with Crippen molar-refractivity contribution in [2.24, 2.45) is 0 Å². The van der Waals surface area contributed by atoms with E-state index in [9.17, 15) is 14.4 Å². The second-order valence-electron chi connectivity index (χ2n) is 7.65. The molecule has 0 unspecified atom stereocenters. The van der Waals surface area contributed by atoms with E-state index < -0.39 is 12.1 Å². The Morgan fingerprint density at radius 3 is 2.36 bits per heavy atom. The zero-order valence-corrected chi connectivity index (χ0v) is 16.6. The monoisotopic (exact) mass is 386 g/mol. The van der Waals surface area contributed by atoms with Gasteiger partial charge in [-0.2, -0.15) is 0 Å². The maximum Gasteiger partial charge on any atom is 0.328 e. The topological polar surface area (TPSA) is 66.9 Å². The van der Waals surface area contributed by atoms with E-state index in [1.165, 1.54) is 12.7 Å². The third kappa shape index (κ3) is 4.72. The summed E-state index contributed by atoms with van der Waals surface area (Å²) in [6.07, 6.45) is 6.16. The number of esters is 1. The fourth-order valence-corrected chi connectivity index (χ4v) is 4.32. The van der Waals surface area contributed by atoms with Crippen LogP contribution in [0.5, 0.6) is 0 Å². The Kier molecular flexibility index (Phi) is 7.06. The Morgan fingerprint density at radius 2 is 1.64 bits per heavy atom. The van der Waals surface area contributed by atoms with Crippen molar-refractivity contribution in [2.75, 3.05) is 20.2 Å². The number of aryl methyl sites for hydroxylation is 1. The smallest absolute Gasteiger partial charge is 0.328 e. The lowest BCUT2D eigenvalue weighted by Gasteiger charge is -2.30. The summed E-state index contributed by atoms with van der Waals surface area (Å²) in [6, 6.07) is 9.34. The molecular weight excluding hydrogens is 356 g/mol. The van der Waals surface area contributed by atoms with Crippen molar-refractivity contribution in [3.05, 3.63) is 35.9 Å². The number of nitrogens with zero attached hydrogens (tertiary/aromatic N) is 2. The Morgan fingerprint density at radius 1 is 0.964 bits per heavy atom. The number of carbonyl (C=O) groups is 3. The summed E-state index contributed by atoms with van der Waals surface area (Å²) >= 11 is 0. The highest BCUT2D eigenvalue weighted by atomic mass is 16.5. The highest BCUT2D eigenvalue weighted by Crippen LogP contribution is 2.26. The molecule has 2 heterocycles. The molecule has 2 atom stereocenters. The van der Waals surface area contributed by atoms with Gasteiger partial charge in [0.2, 0.25) is 11.8 Å². The van der Waals surface area contributed by atoms with Crippen LogP contribution < -0.4 is 0 Å². The Bertz CT molecular complexity index is 691. The summed E-state index contributed by atoms with van der Waals surface area (Å²) in [4.78, 5) is 41.1. The molecular formula is C22H30N2O4. The molecule has 1 aromatic rings. The molecule has 152 valence electrons. The third-order valence-corrected chi connectivity index (χ3v) is 5.82. The van der Waals surface area contributed by atoms with Crippen LogP contribution in [-0.2, 0) is 25.5 Å². The van der Waals surface area contributed by atoms with Crippen LogP contribution in [0.1, 0.15) is 50.5 Å². The van der Waals surface area contributed by atoms with E-state index in [2.05, 4.69) is 12.1 Å². The molecule has 2 aliphatic heterocycles. The zero-order valence-electron chi connectivity index (χ0n) is 16.6. The molecule has 2 amide bonds. The SMILES string of the molecule is COC(=O)[C@@H]1CCCN1C(=O)[C@@H]1CCCN1C(=O)CCCCc1ccccc1. The number of hydrogen-bond acceptors (Lipinski definition) is 4. The van der Waals surface area contributed by atoms with Crippen LogP contribution in [0.3, 0.4) is 0 Å². The summed E-state index contributed by atoms with van der Waals surface area (Å²) in [5.41, 5.74) is 1.28. The maximum absolute atomic E-state index is 13.0. The second-order valence-corrected chi connectivity index (χ2v) is 7.65. The lowest BCUT2D eigenvalue weighted by molar-refractivity contribution is -0.153. The normalized spacial score (nSPS) is 21.8. The Hall–Kier alpha value is -2.37. The van der Waals surface area contributed by atoms with Gasteiger partial charge in [0.15, 0.2) is 0 Å². The zero-order chi connectivity index (χ0) is 19.9. The predicted molar refractivity (Wildman–Crippen MR) is 105 cm³/mol. The van der Waals surface area contributed by atoms with Gasteiger partial charge in [0.05, 0.1) is 7.11 Å². The van der Waals surface area contributed by atoms with Gasteiger partial charge in [-0.15, -0.1) is 0 Å². The number of likely N-dealkylation sites (tertiary alicyclic amines) is 2. The van der Waals surface area contributed by atoms with Crippen molar-refractivity contribution in [3.63, 3.8) is 0 Å². The van der Waals surface area contributed by atoms with Gasteiger partial charge in [-0.3, -0.25) is 9.59 Å². The van der Waals surface area contributed by atoms with Gasteiger partial charge >= 0.3 is 5.97 Å². The second kappa shape index (κ2) is 9.71. The minimum Gasteiger partial charge on any atom is -0.467 e. The van der Waals surface area contributed by atoms with Crippen LogP contribution in [-0.4, -0.2) is 59.9 Å². The largest absolute Gasteiger partial charge is 0.467 e. The van der Waals surface area contributed by atoms with E-state index in [-0.39, 0.29) is 17.8 Å². The van der Waals surface area contributed by atoms with Crippen LogP contribution in [0, 0.1) is 0 Å². The molecule has 3 rings (SSSR count). The maximum atomic E-state index is 13.0. The third-order valence-electron chi connectivity index (χ3n) is 5.82. The lowest BCUT2D eigenvalue weighted by atomic mass is 10.1. The number of amides is 2. The number of carbonyl (C=O) groups excluding carboxylic acids is 3. The van der Waals surface area contributed by atoms with Gasteiger partial charge in [0, 0.05) is 19.5 Å². The van der Waals surface area contributed by atoms with Crippen molar-refractivity contribution < 1.29 is 19.1 Å². The quantitative estimate of drug-likeness (QED) is 0.534. The molecule has 0 aromatic heterocycles. The first kappa shape index (κ1) is 20.4. The molecule has 0 saturated carbocycles. The fraction of sp³-hybridized carbons (Fsp3) is 0.591. The van der Waals surface area contributed by atoms with Crippen molar-refractivity contribution in [3.8, 4) is 0 Å². The predicted octanol–water partition coefficient (Wildman–Crippen LogP) is 2.55. The minimum atomic E-state index is -0.499. The summed E-state index contributed by atoms with van der Waals surface area (Å²) in [6.45, 7) is 1.19. The summed E-state index contributed by atoms with van der Waals surface area (Å²) in [5.74, 6) is -0.400. The van der Waals surface area contributed by atoms with Crippen molar-refractivity contribution >= 4 is 17.8 Å². The first-order chi connectivity index (χ1) is 13.6. The van der Waals surface area contributed by atoms with E-state index in [0.29, 0.717) is 32.4 Å². The average Bonchev–Trinajstić information content (AvgIpc) is 3.40. The first-order valence-electron chi connectivity index (χ1n) is 10.3.